The average Bonchev–Trinajstić information content (AvgIpc) is 3.04. The lowest BCUT2D eigenvalue weighted by atomic mass is 10.00. The van der Waals surface area contributed by atoms with Crippen molar-refractivity contribution < 1.29 is 17.7 Å². The van der Waals surface area contributed by atoms with Gasteiger partial charge in [-0.25, -0.2) is 13.1 Å². The maximum absolute atomic E-state index is 12.3. The fraction of sp³-hybridized carbons (Fsp3) is 0.200. The normalized spacial score (nSPS) is 11.3. The van der Waals surface area contributed by atoms with Crippen molar-refractivity contribution in [1.82, 2.24) is 9.88 Å². The van der Waals surface area contributed by atoms with E-state index in [1.54, 1.807) is 12.1 Å². The third kappa shape index (κ3) is 4.09. The number of rotatable bonds is 6. The molecular formula is C20H20N2O4S. The Morgan fingerprint density at radius 3 is 2.33 bits per heavy atom. The molecule has 1 aromatic heterocycles. The predicted octanol–water partition coefficient (Wildman–Crippen LogP) is 3.92. The third-order valence-corrected chi connectivity index (χ3v) is 5.48. The fourth-order valence-corrected chi connectivity index (χ4v) is 3.81. The second kappa shape index (κ2) is 7.75. The molecule has 0 aliphatic carbocycles. The Hall–Kier alpha value is -2.93. The van der Waals surface area contributed by atoms with E-state index in [1.165, 1.54) is 12.1 Å². The zero-order chi connectivity index (χ0) is 19.4. The van der Waals surface area contributed by atoms with Crippen molar-refractivity contribution in [3.05, 3.63) is 60.4 Å². The molecular weight excluding hydrogens is 364 g/mol. The molecule has 0 fully saturated rings. The van der Waals surface area contributed by atoms with Gasteiger partial charge in [-0.2, -0.15) is 0 Å². The number of carbonyl (C=O) groups is 1. The Kier molecular flexibility index (Phi) is 5.41. The molecule has 0 unspecified atom stereocenters. The van der Waals surface area contributed by atoms with E-state index in [2.05, 4.69) is 9.88 Å². The lowest BCUT2D eigenvalue weighted by molar-refractivity contribution is -0.119. The van der Waals surface area contributed by atoms with E-state index in [0.29, 0.717) is 17.9 Å². The van der Waals surface area contributed by atoms with Gasteiger partial charge >= 0.3 is 0 Å². The number of amides is 1. The van der Waals surface area contributed by atoms with Crippen LogP contribution in [-0.2, 0) is 14.8 Å². The highest BCUT2D eigenvalue weighted by Gasteiger charge is 2.20. The van der Waals surface area contributed by atoms with Gasteiger partial charge in [0.2, 0.25) is 5.91 Å². The minimum Gasteiger partial charge on any atom is -0.360 e. The lowest BCUT2D eigenvalue weighted by Crippen LogP contribution is -2.30. The summed E-state index contributed by atoms with van der Waals surface area (Å²) in [6.07, 6.45) is 0.743. The first-order valence-corrected chi connectivity index (χ1v) is 10.1. The lowest BCUT2D eigenvalue weighted by Gasteiger charge is -2.08. The molecule has 0 radical (unpaired) electrons. The number of aryl methyl sites for hydroxylation is 1. The molecule has 0 bridgehead atoms. The Labute approximate surface area is 158 Å². The van der Waals surface area contributed by atoms with Gasteiger partial charge in [0.05, 0.1) is 10.5 Å². The van der Waals surface area contributed by atoms with Gasteiger partial charge in [-0.1, -0.05) is 54.5 Å². The van der Waals surface area contributed by atoms with Gasteiger partial charge in [-0.05, 0) is 31.0 Å². The molecule has 0 saturated heterocycles. The molecule has 0 atom stereocenters. The number of sulfonamides is 1. The summed E-state index contributed by atoms with van der Waals surface area (Å²) in [6, 6.07) is 15.9. The minimum absolute atomic E-state index is 0.0334. The van der Waals surface area contributed by atoms with E-state index in [0.717, 1.165) is 16.7 Å². The first-order valence-electron chi connectivity index (χ1n) is 8.60. The van der Waals surface area contributed by atoms with Crippen LogP contribution in [0.15, 0.2) is 64.0 Å². The molecule has 1 heterocycles. The van der Waals surface area contributed by atoms with Crippen LogP contribution in [0.1, 0.15) is 25.5 Å². The molecule has 27 heavy (non-hydrogen) atoms. The summed E-state index contributed by atoms with van der Waals surface area (Å²) in [5.41, 5.74) is 3.19. The van der Waals surface area contributed by atoms with Crippen LogP contribution in [0, 0.1) is 6.92 Å². The molecule has 140 valence electrons. The van der Waals surface area contributed by atoms with E-state index in [-0.39, 0.29) is 11.3 Å². The van der Waals surface area contributed by atoms with Crippen molar-refractivity contribution in [1.29, 1.82) is 0 Å². The first kappa shape index (κ1) is 18.8. The number of aromatic nitrogens is 1. The summed E-state index contributed by atoms with van der Waals surface area (Å²) in [4.78, 5) is 11.7. The summed E-state index contributed by atoms with van der Waals surface area (Å²) in [6.45, 7) is 3.62. The quantitative estimate of drug-likeness (QED) is 0.696. The van der Waals surface area contributed by atoms with Gasteiger partial charge in [0, 0.05) is 12.0 Å². The van der Waals surface area contributed by atoms with Crippen LogP contribution in [0.2, 0.25) is 0 Å². The number of carbonyl (C=O) groups excluding carboxylic acids is 1. The second-order valence-corrected chi connectivity index (χ2v) is 7.81. The maximum atomic E-state index is 12.3. The molecule has 1 amide bonds. The van der Waals surface area contributed by atoms with Gasteiger partial charge in [0.15, 0.2) is 0 Å². The van der Waals surface area contributed by atoms with Crippen molar-refractivity contribution in [2.45, 2.75) is 31.6 Å². The van der Waals surface area contributed by atoms with Gasteiger partial charge in [0.1, 0.15) is 11.5 Å². The molecule has 6 nitrogen and oxygen atoms in total. The van der Waals surface area contributed by atoms with Gasteiger partial charge in [-0.3, -0.25) is 4.79 Å². The van der Waals surface area contributed by atoms with E-state index >= 15 is 0 Å². The summed E-state index contributed by atoms with van der Waals surface area (Å²) in [5.74, 6) is 0.128. The molecule has 0 spiro atoms. The topological polar surface area (TPSA) is 89.3 Å². The minimum atomic E-state index is -3.88. The van der Waals surface area contributed by atoms with Crippen molar-refractivity contribution in [2.75, 3.05) is 0 Å². The highest BCUT2D eigenvalue weighted by molar-refractivity contribution is 7.90. The average molecular weight is 384 g/mol. The van der Waals surface area contributed by atoms with E-state index in [4.69, 9.17) is 4.52 Å². The molecule has 3 aromatic rings. The number of nitrogens with zero attached hydrogens (tertiary/aromatic N) is 1. The monoisotopic (exact) mass is 384 g/mol. The molecule has 1 N–H and O–H groups in total. The predicted molar refractivity (Wildman–Crippen MR) is 102 cm³/mol. The van der Waals surface area contributed by atoms with Crippen molar-refractivity contribution in [3.63, 3.8) is 0 Å². The van der Waals surface area contributed by atoms with E-state index in [1.807, 2.05) is 44.2 Å². The Balaban J connectivity index is 1.93. The van der Waals surface area contributed by atoms with E-state index in [9.17, 15) is 13.2 Å². The maximum Gasteiger partial charge on any atom is 0.264 e. The number of benzene rings is 2. The van der Waals surface area contributed by atoms with Crippen LogP contribution in [0.25, 0.3) is 22.4 Å². The SMILES string of the molecule is CCCC(=O)NS(=O)(=O)c1ccc(-c2c(-c3ccccc3)noc2C)cc1. The Morgan fingerprint density at radius 2 is 1.70 bits per heavy atom. The van der Waals surface area contributed by atoms with Crippen molar-refractivity contribution in [2.24, 2.45) is 0 Å². The molecule has 0 aliphatic rings. The van der Waals surface area contributed by atoms with Crippen molar-refractivity contribution in [3.8, 4) is 22.4 Å². The van der Waals surface area contributed by atoms with Crippen LogP contribution in [0.4, 0.5) is 0 Å². The highest BCUT2D eigenvalue weighted by Crippen LogP contribution is 2.34. The molecule has 0 saturated carbocycles. The van der Waals surface area contributed by atoms with Crippen LogP contribution in [0.3, 0.4) is 0 Å². The summed E-state index contributed by atoms with van der Waals surface area (Å²) in [7, 11) is -3.88. The zero-order valence-corrected chi connectivity index (χ0v) is 15.9. The molecule has 0 aliphatic heterocycles. The van der Waals surface area contributed by atoms with Crippen LogP contribution in [0.5, 0.6) is 0 Å². The second-order valence-electron chi connectivity index (χ2n) is 6.13. The van der Waals surface area contributed by atoms with Gasteiger partial charge < -0.3 is 4.52 Å². The van der Waals surface area contributed by atoms with Crippen LogP contribution < -0.4 is 4.72 Å². The Morgan fingerprint density at radius 1 is 1.04 bits per heavy atom. The van der Waals surface area contributed by atoms with Crippen LogP contribution >= 0.6 is 0 Å². The van der Waals surface area contributed by atoms with Gasteiger partial charge in [-0.15, -0.1) is 0 Å². The third-order valence-electron chi connectivity index (χ3n) is 4.09. The largest absolute Gasteiger partial charge is 0.360 e. The molecule has 2 aromatic carbocycles. The first-order chi connectivity index (χ1) is 12.9. The highest BCUT2D eigenvalue weighted by atomic mass is 32.2. The Bertz CT molecular complexity index is 1040. The fourth-order valence-electron chi connectivity index (χ4n) is 2.79. The molecule has 7 heteroatoms. The summed E-state index contributed by atoms with van der Waals surface area (Å²) >= 11 is 0. The summed E-state index contributed by atoms with van der Waals surface area (Å²) < 4.78 is 32.1. The van der Waals surface area contributed by atoms with Gasteiger partial charge in [0.25, 0.3) is 10.0 Å². The zero-order valence-electron chi connectivity index (χ0n) is 15.1. The standard InChI is InChI=1S/C20H20N2O4S/c1-3-7-18(23)22-27(24,25)17-12-10-15(11-13-17)19-14(2)26-21-20(19)16-8-5-4-6-9-16/h4-6,8-13H,3,7H2,1-2H3,(H,22,23). The molecule has 3 rings (SSSR count). The number of nitrogens with one attached hydrogen (secondary N) is 1. The smallest absolute Gasteiger partial charge is 0.264 e. The summed E-state index contributed by atoms with van der Waals surface area (Å²) in [5, 5.41) is 4.14. The number of hydrogen-bond donors (Lipinski definition) is 1. The van der Waals surface area contributed by atoms with E-state index < -0.39 is 15.9 Å². The number of hydrogen-bond acceptors (Lipinski definition) is 5. The van der Waals surface area contributed by atoms with Crippen LogP contribution in [-0.4, -0.2) is 19.5 Å². The van der Waals surface area contributed by atoms with Crippen molar-refractivity contribution >= 4 is 15.9 Å².